The summed E-state index contributed by atoms with van der Waals surface area (Å²) >= 11 is 0. The minimum absolute atomic E-state index is 0.0101. The molecule has 5 aliphatic carbocycles. The van der Waals surface area contributed by atoms with Crippen LogP contribution in [-0.4, -0.2) is 6.04 Å². The first-order chi connectivity index (χ1) is 30.0. The molecular formula is C58H50N2O. The SMILES string of the molecule is C[C@@H]1C=C(C2=Cc3c(oc4ccccc34)CC3(C)c4ccccc4N(c4ccc(N(C5=CC=CCC5)c5ccccc5)cc4)C23)C=C2c3ccccc3C3CC=CC=C3CC21. The fourth-order valence-corrected chi connectivity index (χ4v) is 11.8. The van der Waals surface area contributed by atoms with Gasteiger partial charge in [-0.05, 0) is 132 Å². The van der Waals surface area contributed by atoms with Crippen LogP contribution in [0.4, 0.5) is 22.7 Å². The van der Waals surface area contributed by atoms with E-state index in [2.05, 4.69) is 206 Å². The van der Waals surface area contributed by atoms with Crippen molar-refractivity contribution in [2.45, 2.75) is 63.3 Å². The molecule has 3 nitrogen and oxygen atoms in total. The first-order valence-electron chi connectivity index (χ1n) is 22.3. The Hall–Kier alpha value is -6.58. The van der Waals surface area contributed by atoms with Crippen LogP contribution < -0.4 is 9.80 Å². The Bertz CT molecular complexity index is 2950. The van der Waals surface area contributed by atoms with E-state index in [1.165, 1.54) is 72.8 Å². The summed E-state index contributed by atoms with van der Waals surface area (Å²) in [6.07, 6.45) is 26.5. The predicted molar refractivity (Wildman–Crippen MR) is 253 cm³/mol. The summed E-state index contributed by atoms with van der Waals surface area (Å²) in [6.45, 7) is 4.96. The predicted octanol–water partition coefficient (Wildman–Crippen LogP) is 14.9. The fraction of sp³-hybridized carbons (Fsp3) is 0.207. The third-order valence-corrected chi connectivity index (χ3v) is 14.6. The van der Waals surface area contributed by atoms with Crippen LogP contribution in [0.25, 0.3) is 22.6 Å². The molecule has 2 heterocycles. The van der Waals surface area contributed by atoms with Gasteiger partial charge in [-0.1, -0.05) is 141 Å². The molecule has 0 saturated heterocycles. The van der Waals surface area contributed by atoms with Crippen LogP contribution in [0, 0.1) is 11.8 Å². The van der Waals surface area contributed by atoms with E-state index < -0.39 is 0 Å². The highest BCUT2D eigenvalue weighted by Gasteiger charge is 2.53. The molecule has 1 aromatic heterocycles. The zero-order valence-electron chi connectivity index (χ0n) is 35.0. The van der Waals surface area contributed by atoms with Gasteiger partial charge < -0.3 is 14.2 Å². The van der Waals surface area contributed by atoms with Gasteiger partial charge >= 0.3 is 0 Å². The number of anilines is 4. The molecule has 0 fully saturated rings. The highest BCUT2D eigenvalue weighted by molar-refractivity contribution is 5.93. The van der Waals surface area contributed by atoms with Crippen molar-refractivity contribution in [1.29, 1.82) is 0 Å². The summed E-state index contributed by atoms with van der Waals surface area (Å²) in [4.78, 5) is 5.09. The van der Waals surface area contributed by atoms with E-state index in [9.17, 15) is 0 Å². The molecule has 6 aliphatic rings. The molecule has 5 atom stereocenters. The topological polar surface area (TPSA) is 19.6 Å². The normalized spacial score (nSPS) is 24.6. The standard InChI is InChI=1S/C58H50N2O/c1-38-33-40(35-51-47-24-12-11-23-46(47)45-22-10-9-17-39(45)34-49(38)51)50-36-52-48-25-13-16-28-55(48)61-56(52)37-58(2)53-26-14-15-27-54(53)60(57(50)58)44-31-29-43(30-32-44)59(41-18-5-3-6-19-41)42-20-7-4-8-21-42/h3-7,9-20,23-33,35-36,38,45,49,57H,8,21-22,34,37H2,1-2H3/t38-,45?,49?,57?,58?/m1/s1. The van der Waals surface area contributed by atoms with Crippen LogP contribution in [-0.2, 0) is 11.8 Å². The Morgan fingerprint density at radius 2 is 1.51 bits per heavy atom. The Balaban J connectivity index is 1.05. The second-order valence-corrected chi connectivity index (χ2v) is 18.2. The van der Waals surface area contributed by atoms with E-state index in [0.717, 1.165) is 43.4 Å². The van der Waals surface area contributed by atoms with Crippen molar-refractivity contribution >= 4 is 45.4 Å². The van der Waals surface area contributed by atoms with Crippen molar-refractivity contribution in [2.75, 3.05) is 9.80 Å². The lowest BCUT2D eigenvalue weighted by Gasteiger charge is -2.39. The largest absolute Gasteiger partial charge is 0.460 e. The Morgan fingerprint density at radius 3 is 2.38 bits per heavy atom. The number of nitrogens with zero attached hydrogens (tertiary/aromatic N) is 2. The fourth-order valence-electron chi connectivity index (χ4n) is 11.8. The van der Waals surface area contributed by atoms with Crippen molar-refractivity contribution < 1.29 is 4.42 Å². The highest BCUT2D eigenvalue weighted by Crippen LogP contribution is 2.58. The lowest BCUT2D eigenvalue weighted by molar-refractivity contribution is 0.397. The molecule has 298 valence electrons. The summed E-state index contributed by atoms with van der Waals surface area (Å²) in [6, 6.07) is 47.3. The number of rotatable bonds is 5. The van der Waals surface area contributed by atoms with Gasteiger partial charge in [0.05, 0.1) is 6.04 Å². The summed E-state index contributed by atoms with van der Waals surface area (Å²) in [7, 11) is 0. The van der Waals surface area contributed by atoms with Gasteiger partial charge in [0.1, 0.15) is 11.3 Å². The molecule has 0 saturated carbocycles. The van der Waals surface area contributed by atoms with Crippen molar-refractivity contribution in [1.82, 2.24) is 0 Å². The zero-order chi connectivity index (χ0) is 40.7. The zero-order valence-corrected chi connectivity index (χ0v) is 35.0. The van der Waals surface area contributed by atoms with Crippen molar-refractivity contribution in [3.63, 3.8) is 0 Å². The van der Waals surface area contributed by atoms with Crippen molar-refractivity contribution in [3.05, 3.63) is 226 Å². The molecule has 12 rings (SSSR count). The number of allylic oxidation sites excluding steroid dienone is 11. The molecule has 0 N–H and O–H groups in total. The molecule has 0 spiro atoms. The number of fused-ring (bicyclic) bond motifs is 11. The van der Waals surface area contributed by atoms with Gasteiger partial charge in [-0.15, -0.1) is 0 Å². The van der Waals surface area contributed by atoms with Gasteiger partial charge in [0, 0.05) is 57.1 Å². The smallest absolute Gasteiger partial charge is 0.134 e. The maximum Gasteiger partial charge on any atom is 0.134 e. The molecular weight excluding hydrogens is 741 g/mol. The molecule has 0 radical (unpaired) electrons. The molecule has 5 aromatic carbocycles. The summed E-state index contributed by atoms with van der Waals surface area (Å²) < 4.78 is 6.88. The molecule has 4 unspecified atom stereocenters. The van der Waals surface area contributed by atoms with E-state index in [-0.39, 0.29) is 11.5 Å². The first-order valence-corrected chi connectivity index (χ1v) is 22.3. The molecule has 0 amide bonds. The maximum atomic E-state index is 6.88. The lowest BCUT2D eigenvalue weighted by atomic mass is 9.69. The summed E-state index contributed by atoms with van der Waals surface area (Å²) in [5, 5.41) is 1.19. The monoisotopic (exact) mass is 790 g/mol. The van der Waals surface area contributed by atoms with Crippen LogP contribution in [0.15, 0.2) is 203 Å². The Kier molecular flexibility index (Phi) is 8.49. The van der Waals surface area contributed by atoms with E-state index in [1.54, 1.807) is 5.57 Å². The van der Waals surface area contributed by atoms with E-state index in [0.29, 0.717) is 17.8 Å². The molecule has 6 aromatic rings. The minimum Gasteiger partial charge on any atom is -0.460 e. The van der Waals surface area contributed by atoms with Crippen molar-refractivity contribution in [2.24, 2.45) is 11.8 Å². The van der Waals surface area contributed by atoms with Gasteiger partial charge in [-0.2, -0.15) is 0 Å². The third-order valence-electron chi connectivity index (χ3n) is 14.6. The van der Waals surface area contributed by atoms with Gasteiger partial charge in [-0.3, -0.25) is 0 Å². The second-order valence-electron chi connectivity index (χ2n) is 18.2. The van der Waals surface area contributed by atoms with Crippen molar-refractivity contribution in [3.8, 4) is 0 Å². The van der Waals surface area contributed by atoms with Crippen LogP contribution in [0.2, 0.25) is 0 Å². The molecule has 0 bridgehead atoms. The molecule has 61 heavy (non-hydrogen) atoms. The number of hydrogen-bond acceptors (Lipinski definition) is 3. The van der Waals surface area contributed by atoms with Gasteiger partial charge in [0.25, 0.3) is 0 Å². The number of furan rings is 1. The lowest BCUT2D eigenvalue weighted by Crippen LogP contribution is -2.44. The van der Waals surface area contributed by atoms with Gasteiger partial charge in [-0.25, -0.2) is 0 Å². The molecule has 3 heteroatoms. The van der Waals surface area contributed by atoms with Crippen LogP contribution in [0.5, 0.6) is 0 Å². The highest BCUT2D eigenvalue weighted by atomic mass is 16.3. The van der Waals surface area contributed by atoms with Crippen LogP contribution in [0.1, 0.15) is 73.5 Å². The average Bonchev–Trinajstić information content (AvgIpc) is 3.66. The van der Waals surface area contributed by atoms with Gasteiger partial charge in [0.2, 0.25) is 0 Å². The Labute approximate surface area is 359 Å². The minimum atomic E-state index is -0.290. The number of benzene rings is 5. The summed E-state index contributed by atoms with van der Waals surface area (Å²) in [5.74, 6) is 2.29. The average molecular weight is 791 g/mol. The van der Waals surface area contributed by atoms with Gasteiger partial charge in [0.15, 0.2) is 0 Å². The number of para-hydroxylation sites is 3. The summed E-state index contributed by atoms with van der Waals surface area (Å²) in [5.41, 5.74) is 18.0. The first kappa shape index (κ1) is 36.3. The molecule has 1 aliphatic heterocycles. The quantitative estimate of drug-likeness (QED) is 0.173. The van der Waals surface area contributed by atoms with E-state index >= 15 is 0 Å². The van der Waals surface area contributed by atoms with E-state index in [1.807, 2.05) is 0 Å². The second kappa shape index (κ2) is 14.3. The third kappa shape index (κ3) is 5.77. The number of hydrogen-bond donors (Lipinski definition) is 0. The maximum absolute atomic E-state index is 6.88. The van der Waals surface area contributed by atoms with E-state index in [4.69, 9.17) is 4.42 Å². The van der Waals surface area contributed by atoms with Crippen LogP contribution >= 0.6 is 0 Å². The van der Waals surface area contributed by atoms with Crippen LogP contribution in [0.3, 0.4) is 0 Å². The Morgan fingerprint density at radius 1 is 0.738 bits per heavy atom.